The summed E-state index contributed by atoms with van der Waals surface area (Å²) in [5.74, 6) is 0. The molecule has 1 spiro atoms. The Balaban J connectivity index is 1.62. The number of anilines is 1. The van der Waals surface area contributed by atoms with E-state index in [4.69, 9.17) is 11.6 Å². The molecular weight excluding hydrogens is 262 g/mol. The predicted molar refractivity (Wildman–Crippen MR) is 76.6 cm³/mol. The summed E-state index contributed by atoms with van der Waals surface area (Å²) >= 11 is 5.91. The molecule has 4 nitrogen and oxygen atoms in total. The van der Waals surface area contributed by atoms with Crippen molar-refractivity contribution in [1.82, 2.24) is 10.2 Å². The fourth-order valence-electron chi connectivity index (χ4n) is 3.02. The lowest BCUT2D eigenvalue weighted by atomic mass is 9.87. The van der Waals surface area contributed by atoms with Crippen LogP contribution in [0.1, 0.15) is 12.8 Å². The number of hydrogen-bond acceptors (Lipinski definition) is 2. The van der Waals surface area contributed by atoms with Crippen LogP contribution in [-0.2, 0) is 0 Å². The summed E-state index contributed by atoms with van der Waals surface area (Å²) in [5.41, 5.74) is 1.06. The second-order valence-electron chi connectivity index (χ2n) is 5.54. The molecule has 1 aromatic carbocycles. The second-order valence-corrected chi connectivity index (χ2v) is 5.98. The standard InChI is InChI=1S/C14H18ClN3O/c15-11-2-1-3-12(8-11)17-13(19)18-7-5-14(10-18)4-6-16-9-14/h1-3,8,16H,4-7,9-10H2,(H,17,19). The highest BCUT2D eigenvalue weighted by Crippen LogP contribution is 2.36. The fourth-order valence-corrected chi connectivity index (χ4v) is 3.21. The first kappa shape index (κ1) is 12.8. The van der Waals surface area contributed by atoms with Gasteiger partial charge in [-0.3, -0.25) is 0 Å². The Bertz CT molecular complexity index is 485. The Morgan fingerprint density at radius 3 is 3.05 bits per heavy atom. The summed E-state index contributed by atoms with van der Waals surface area (Å²) in [6.45, 7) is 3.80. The number of nitrogens with zero attached hydrogens (tertiary/aromatic N) is 1. The van der Waals surface area contributed by atoms with Crippen molar-refractivity contribution in [3.8, 4) is 0 Å². The van der Waals surface area contributed by atoms with Crippen LogP contribution in [0.15, 0.2) is 24.3 Å². The van der Waals surface area contributed by atoms with E-state index in [2.05, 4.69) is 10.6 Å². The number of benzene rings is 1. The molecule has 1 atom stereocenters. The van der Waals surface area contributed by atoms with E-state index in [1.54, 1.807) is 12.1 Å². The highest BCUT2D eigenvalue weighted by atomic mass is 35.5. The lowest BCUT2D eigenvalue weighted by Crippen LogP contribution is -2.36. The average Bonchev–Trinajstić information content (AvgIpc) is 3.00. The van der Waals surface area contributed by atoms with Crippen LogP contribution in [0.3, 0.4) is 0 Å². The number of hydrogen-bond donors (Lipinski definition) is 2. The molecule has 2 saturated heterocycles. The molecular formula is C14H18ClN3O. The Kier molecular flexibility index (Phi) is 3.37. The van der Waals surface area contributed by atoms with E-state index in [0.29, 0.717) is 10.4 Å². The van der Waals surface area contributed by atoms with Gasteiger partial charge in [-0.2, -0.15) is 0 Å². The van der Waals surface area contributed by atoms with Gasteiger partial charge < -0.3 is 15.5 Å². The highest BCUT2D eigenvalue weighted by Gasteiger charge is 2.41. The molecule has 102 valence electrons. The lowest BCUT2D eigenvalue weighted by Gasteiger charge is -2.23. The van der Waals surface area contributed by atoms with Gasteiger partial charge in [0.15, 0.2) is 0 Å². The third kappa shape index (κ3) is 2.69. The van der Waals surface area contributed by atoms with Crippen molar-refractivity contribution in [3.63, 3.8) is 0 Å². The largest absolute Gasteiger partial charge is 0.324 e. The fraction of sp³-hybridized carbons (Fsp3) is 0.500. The van der Waals surface area contributed by atoms with Crippen molar-refractivity contribution in [2.24, 2.45) is 5.41 Å². The summed E-state index contributed by atoms with van der Waals surface area (Å²) in [4.78, 5) is 14.1. The van der Waals surface area contributed by atoms with E-state index < -0.39 is 0 Å². The quantitative estimate of drug-likeness (QED) is 0.830. The summed E-state index contributed by atoms with van der Waals surface area (Å²) in [6, 6.07) is 7.23. The minimum atomic E-state index is -0.0222. The van der Waals surface area contributed by atoms with Gasteiger partial charge in [0.1, 0.15) is 0 Å². The van der Waals surface area contributed by atoms with Gasteiger partial charge in [0, 0.05) is 35.8 Å². The molecule has 0 saturated carbocycles. The zero-order chi connectivity index (χ0) is 13.3. The molecule has 2 heterocycles. The van der Waals surface area contributed by atoms with Crippen LogP contribution in [0.5, 0.6) is 0 Å². The van der Waals surface area contributed by atoms with Crippen LogP contribution in [-0.4, -0.2) is 37.1 Å². The predicted octanol–water partition coefficient (Wildman–Crippen LogP) is 2.56. The van der Waals surface area contributed by atoms with Gasteiger partial charge in [-0.15, -0.1) is 0 Å². The Morgan fingerprint density at radius 1 is 1.42 bits per heavy atom. The molecule has 0 aliphatic carbocycles. The number of urea groups is 1. The number of carbonyl (C=O) groups excluding carboxylic acids is 1. The van der Waals surface area contributed by atoms with Crippen LogP contribution in [0, 0.1) is 5.41 Å². The summed E-state index contributed by atoms with van der Waals surface area (Å²) in [5, 5.41) is 6.94. The first-order chi connectivity index (χ1) is 9.17. The van der Waals surface area contributed by atoms with E-state index in [1.165, 1.54) is 6.42 Å². The van der Waals surface area contributed by atoms with Gasteiger partial charge in [-0.05, 0) is 37.6 Å². The van der Waals surface area contributed by atoms with Crippen LogP contribution in [0.2, 0.25) is 5.02 Å². The monoisotopic (exact) mass is 279 g/mol. The third-order valence-electron chi connectivity index (χ3n) is 4.13. The third-order valence-corrected chi connectivity index (χ3v) is 4.37. The van der Waals surface area contributed by atoms with E-state index in [-0.39, 0.29) is 6.03 Å². The number of rotatable bonds is 1. The van der Waals surface area contributed by atoms with Crippen molar-refractivity contribution in [1.29, 1.82) is 0 Å². The molecule has 2 N–H and O–H groups in total. The SMILES string of the molecule is O=C(Nc1cccc(Cl)c1)N1CCC2(CCNC2)C1. The van der Waals surface area contributed by atoms with Crippen molar-refractivity contribution in [3.05, 3.63) is 29.3 Å². The minimum Gasteiger partial charge on any atom is -0.324 e. The van der Waals surface area contributed by atoms with Crippen LogP contribution in [0.4, 0.5) is 10.5 Å². The smallest absolute Gasteiger partial charge is 0.321 e. The number of nitrogens with one attached hydrogen (secondary N) is 2. The normalized spacial score (nSPS) is 26.1. The molecule has 0 radical (unpaired) electrons. The maximum Gasteiger partial charge on any atom is 0.321 e. The number of amides is 2. The van der Waals surface area contributed by atoms with E-state index >= 15 is 0 Å². The van der Waals surface area contributed by atoms with E-state index in [0.717, 1.165) is 38.3 Å². The van der Waals surface area contributed by atoms with Gasteiger partial charge in [0.05, 0.1) is 0 Å². The molecule has 2 aliphatic heterocycles. The van der Waals surface area contributed by atoms with Gasteiger partial charge in [0.2, 0.25) is 0 Å². The van der Waals surface area contributed by atoms with Crippen molar-refractivity contribution >= 4 is 23.3 Å². The zero-order valence-electron chi connectivity index (χ0n) is 10.8. The summed E-state index contributed by atoms with van der Waals surface area (Å²) in [6.07, 6.45) is 2.27. The molecule has 19 heavy (non-hydrogen) atoms. The Labute approximate surface area is 118 Å². The molecule has 1 unspecified atom stereocenters. The number of halogens is 1. The van der Waals surface area contributed by atoms with Crippen molar-refractivity contribution < 1.29 is 4.79 Å². The van der Waals surface area contributed by atoms with Crippen molar-refractivity contribution in [2.75, 3.05) is 31.5 Å². The number of likely N-dealkylation sites (tertiary alicyclic amines) is 1. The second kappa shape index (κ2) is 5.02. The van der Waals surface area contributed by atoms with Gasteiger partial charge in [-0.1, -0.05) is 17.7 Å². The molecule has 2 amide bonds. The molecule has 2 aliphatic rings. The Hall–Kier alpha value is -1.26. The van der Waals surface area contributed by atoms with Crippen LogP contribution < -0.4 is 10.6 Å². The first-order valence-electron chi connectivity index (χ1n) is 6.69. The summed E-state index contributed by atoms with van der Waals surface area (Å²) < 4.78 is 0. The Morgan fingerprint density at radius 2 is 2.32 bits per heavy atom. The molecule has 5 heteroatoms. The molecule has 0 bridgehead atoms. The van der Waals surface area contributed by atoms with Gasteiger partial charge in [0.25, 0.3) is 0 Å². The topological polar surface area (TPSA) is 44.4 Å². The van der Waals surface area contributed by atoms with Crippen LogP contribution in [0.25, 0.3) is 0 Å². The molecule has 1 aromatic rings. The summed E-state index contributed by atoms with van der Waals surface area (Å²) in [7, 11) is 0. The minimum absolute atomic E-state index is 0.0222. The van der Waals surface area contributed by atoms with E-state index in [9.17, 15) is 4.79 Å². The molecule has 0 aromatic heterocycles. The number of carbonyl (C=O) groups is 1. The van der Waals surface area contributed by atoms with Gasteiger partial charge >= 0.3 is 6.03 Å². The van der Waals surface area contributed by atoms with Crippen molar-refractivity contribution in [2.45, 2.75) is 12.8 Å². The maximum atomic E-state index is 12.2. The van der Waals surface area contributed by atoms with Gasteiger partial charge in [-0.25, -0.2) is 4.79 Å². The lowest BCUT2D eigenvalue weighted by molar-refractivity contribution is 0.215. The molecule has 2 fully saturated rings. The van der Waals surface area contributed by atoms with E-state index in [1.807, 2.05) is 17.0 Å². The van der Waals surface area contributed by atoms with Crippen LogP contribution >= 0.6 is 11.6 Å². The zero-order valence-corrected chi connectivity index (χ0v) is 11.5. The maximum absolute atomic E-state index is 12.2. The molecule has 3 rings (SSSR count). The average molecular weight is 280 g/mol. The highest BCUT2D eigenvalue weighted by molar-refractivity contribution is 6.30. The first-order valence-corrected chi connectivity index (χ1v) is 7.07.